The number of ether oxygens (including phenoxy) is 1. The van der Waals surface area contributed by atoms with Gasteiger partial charge in [-0.25, -0.2) is 9.97 Å². The second-order valence-electron chi connectivity index (χ2n) is 16.2. The molecule has 308 valence electrons. The molecule has 4 aliphatic heterocycles. The largest absolute Gasteiger partial charge is 0.489 e. The monoisotopic (exact) mass is 817 g/mol. The van der Waals surface area contributed by atoms with Crippen molar-refractivity contribution in [2.75, 3.05) is 56.0 Å². The molecule has 59 heavy (non-hydrogen) atoms. The summed E-state index contributed by atoms with van der Waals surface area (Å²) in [5.74, 6) is 0.545. The molecule has 0 bridgehead atoms. The predicted octanol–water partition coefficient (Wildman–Crippen LogP) is 4.43. The summed E-state index contributed by atoms with van der Waals surface area (Å²) in [6, 6.07) is 21.0. The van der Waals surface area contributed by atoms with Gasteiger partial charge in [0, 0.05) is 92.4 Å². The summed E-state index contributed by atoms with van der Waals surface area (Å²) in [6.45, 7) is 9.69. The minimum absolute atomic E-state index is 0.00256. The summed E-state index contributed by atoms with van der Waals surface area (Å²) >= 11 is 1.52. The van der Waals surface area contributed by atoms with E-state index in [0.29, 0.717) is 37.3 Å². The standard InChI is InChI=1S/C44H51N9O5S/c1-44(45)15-18-52(19-16-44)38-25-47-41(26-46-38)59-33-5-2-4-32(24-33)48-40(55)14-17-50-20-22-51(23-21-50)27-30-8-10-31(11-9-30)29-58-37-7-3-6-34-35(37)28-53(43(34)57)36-12-13-39(54)49-42(36)56/h2-11,24-26,36H,12-23,27-29,45H2,1H3,(H,48,55)(H,49,54,56). The first kappa shape index (κ1) is 40.4. The van der Waals surface area contributed by atoms with E-state index in [4.69, 9.17) is 10.5 Å². The van der Waals surface area contributed by atoms with Gasteiger partial charge >= 0.3 is 0 Å². The zero-order valence-electron chi connectivity index (χ0n) is 33.4. The first-order valence-corrected chi connectivity index (χ1v) is 21.2. The number of rotatable bonds is 13. The Balaban J connectivity index is 0.740. The molecule has 3 saturated heterocycles. The Morgan fingerprint density at radius 2 is 1.68 bits per heavy atom. The quantitative estimate of drug-likeness (QED) is 0.163. The van der Waals surface area contributed by atoms with E-state index >= 15 is 0 Å². The molecule has 1 atom stereocenters. The van der Waals surface area contributed by atoms with Gasteiger partial charge in [0.25, 0.3) is 5.91 Å². The molecule has 4 N–H and O–H groups in total. The smallest absolute Gasteiger partial charge is 0.255 e. The van der Waals surface area contributed by atoms with Crippen LogP contribution in [0.2, 0.25) is 0 Å². The number of nitrogens with two attached hydrogens (primary N) is 1. The number of imide groups is 1. The summed E-state index contributed by atoms with van der Waals surface area (Å²) in [4.78, 5) is 69.0. The summed E-state index contributed by atoms with van der Waals surface area (Å²) in [5, 5.41) is 6.22. The molecule has 15 heteroatoms. The number of carbonyl (C=O) groups excluding carboxylic acids is 4. The van der Waals surface area contributed by atoms with Crippen LogP contribution >= 0.6 is 11.8 Å². The maximum atomic E-state index is 13.2. The molecule has 5 heterocycles. The lowest BCUT2D eigenvalue weighted by Gasteiger charge is -2.37. The summed E-state index contributed by atoms with van der Waals surface area (Å²) in [7, 11) is 0. The molecular formula is C44H51N9O5S. The lowest BCUT2D eigenvalue weighted by atomic mass is 9.91. The van der Waals surface area contributed by atoms with Gasteiger partial charge in [0.2, 0.25) is 17.7 Å². The van der Waals surface area contributed by atoms with Crippen molar-refractivity contribution in [1.82, 2.24) is 30.0 Å². The minimum atomic E-state index is -0.663. The summed E-state index contributed by atoms with van der Waals surface area (Å²) in [6.07, 6.45) is 6.46. The van der Waals surface area contributed by atoms with E-state index in [-0.39, 0.29) is 36.2 Å². The molecule has 0 radical (unpaired) electrons. The van der Waals surface area contributed by atoms with Crippen LogP contribution in [0.5, 0.6) is 5.75 Å². The fraction of sp³-hybridized carbons (Fsp3) is 0.409. The lowest BCUT2D eigenvalue weighted by molar-refractivity contribution is -0.137. The van der Waals surface area contributed by atoms with E-state index in [0.717, 1.165) is 91.2 Å². The van der Waals surface area contributed by atoms with Crippen molar-refractivity contribution in [1.29, 1.82) is 0 Å². The number of nitrogens with one attached hydrogen (secondary N) is 2. The molecule has 4 amide bonds. The first-order valence-electron chi connectivity index (χ1n) is 20.4. The van der Waals surface area contributed by atoms with Gasteiger partial charge in [0.1, 0.15) is 29.2 Å². The molecule has 14 nitrogen and oxygen atoms in total. The topological polar surface area (TPSA) is 166 Å². The van der Waals surface area contributed by atoms with Crippen LogP contribution in [0, 0.1) is 0 Å². The molecule has 0 spiro atoms. The third-order valence-corrected chi connectivity index (χ3v) is 12.6. The number of piperazine rings is 1. The van der Waals surface area contributed by atoms with Crippen LogP contribution in [-0.4, -0.2) is 106 Å². The van der Waals surface area contributed by atoms with Crippen LogP contribution in [0.15, 0.2) is 89.0 Å². The average Bonchev–Trinajstić information content (AvgIpc) is 3.57. The fourth-order valence-corrected chi connectivity index (χ4v) is 8.82. The van der Waals surface area contributed by atoms with Crippen molar-refractivity contribution < 1.29 is 23.9 Å². The van der Waals surface area contributed by atoms with Gasteiger partial charge in [0.15, 0.2) is 0 Å². The molecule has 1 aromatic heterocycles. The molecule has 4 aliphatic rings. The molecule has 0 aliphatic carbocycles. The Kier molecular flexibility index (Phi) is 12.2. The van der Waals surface area contributed by atoms with Crippen LogP contribution in [-0.2, 0) is 34.1 Å². The maximum Gasteiger partial charge on any atom is 0.255 e. The zero-order valence-corrected chi connectivity index (χ0v) is 34.2. The number of fused-ring (bicyclic) bond motifs is 1. The third-order valence-electron chi connectivity index (χ3n) is 11.7. The molecular weight excluding hydrogens is 767 g/mol. The fourth-order valence-electron chi connectivity index (χ4n) is 8.04. The highest BCUT2D eigenvalue weighted by Crippen LogP contribution is 2.34. The first-order chi connectivity index (χ1) is 28.5. The number of anilines is 2. The third kappa shape index (κ3) is 10.1. The highest BCUT2D eigenvalue weighted by molar-refractivity contribution is 7.99. The molecule has 3 fully saturated rings. The summed E-state index contributed by atoms with van der Waals surface area (Å²) < 4.78 is 6.20. The SMILES string of the molecule is CC1(N)CCN(c2cnc(Sc3cccc(NC(=O)CCN4CCN(Cc5ccc(COc6cccc7c6CN(C6CCC(=O)NC6=O)C7=O)cc5)CC4)c3)cn2)CC1. The number of hydrogen-bond acceptors (Lipinski definition) is 12. The van der Waals surface area contributed by atoms with E-state index in [1.165, 1.54) is 22.2 Å². The highest BCUT2D eigenvalue weighted by Gasteiger charge is 2.40. The van der Waals surface area contributed by atoms with E-state index in [1.807, 2.05) is 36.5 Å². The van der Waals surface area contributed by atoms with E-state index in [9.17, 15) is 19.2 Å². The zero-order chi connectivity index (χ0) is 40.9. The number of amides is 4. The van der Waals surface area contributed by atoms with Crippen LogP contribution < -0.4 is 26.0 Å². The number of carbonyl (C=O) groups is 4. The van der Waals surface area contributed by atoms with Crippen molar-refractivity contribution in [2.45, 2.75) is 80.2 Å². The second-order valence-corrected chi connectivity index (χ2v) is 17.3. The Hall–Kier alpha value is -5.35. The van der Waals surface area contributed by atoms with E-state index < -0.39 is 11.9 Å². The normalized spacial score (nSPS) is 19.7. The molecule has 0 saturated carbocycles. The Labute approximate surface area is 348 Å². The van der Waals surface area contributed by atoms with Gasteiger partial charge < -0.3 is 30.5 Å². The van der Waals surface area contributed by atoms with Crippen LogP contribution in [0.1, 0.15) is 66.1 Å². The maximum absolute atomic E-state index is 13.2. The highest BCUT2D eigenvalue weighted by atomic mass is 32.2. The van der Waals surface area contributed by atoms with E-state index in [1.54, 1.807) is 18.3 Å². The molecule has 8 rings (SSSR count). The molecule has 1 unspecified atom stereocenters. The Bertz CT molecular complexity index is 2170. The second kappa shape index (κ2) is 17.9. The van der Waals surface area contributed by atoms with Crippen LogP contribution in [0.25, 0.3) is 0 Å². The van der Waals surface area contributed by atoms with Gasteiger partial charge in [-0.05, 0) is 67.6 Å². The predicted molar refractivity (Wildman–Crippen MR) is 225 cm³/mol. The van der Waals surface area contributed by atoms with Gasteiger partial charge in [-0.15, -0.1) is 0 Å². The molecule has 3 aromatic carbocycles. The lowest BCUT2D eigenvalue weighted by Crippen LogP contribution is -2.52. The van der Waals surface area contributed by atoms with Crippen LogP contribution in [0.4, 0.5) is 11.5 Å². The van der Waals surface area contributed by atoms with Crippen molar-refractivity contribution in [2.24, 2.45) is 5.73 Å². The van der Waals surface area contributed by atoms with Gasteiger partial charge in [-0.1, -0.05) is 48.2 Å². The van der Waals surface area contributed by atoms with Gasteiger partial charge in [-0.3, -0.25) is 29.4 Å². The van der Waals surface area contributed by atoms with E-state index in [2.05, 4.69) is 66.5 Å². The minimum Gasteiger partial charge on any atom is -0.489 e. The van der Waals surface area contributed by atoms with Crippen molar-refractivity contribution >= 4 is 46.9 Å². The van der Waals surface area contributed by atoms with Crippen LogP contribution in [0.3, 0.4) is 0 Å². The summed E-state index contributed by atoms with van der Waals surface area (Å²) in [5.41, 5.74) is 10.5. The van der Waals surface area contributed by atoms with Gasteiger partial charge in [0.05, 0.1) is 18.9 Å². The number of aromatic nitrogens is 2. The van der Waals surface area contributed by atoms with Crippen molar-refractivity contribution in [3.63, 3.8) is 0 Å². The average molecular weight is 818 g/mol. The number of hydrogen-bond donors (Lipinski definition) is 3. The number of nitrogens with zero attached hydrogens (tertiary/aromatic N) is 6. The van der Waals surface area contributed by atoms with Crippen molar-refractivity contribution in [3.05, 3.63) is 101 Å². The van der Waals surface area contributed by atoms with Crippen molar-refractivity contribution in [3.8, 4) is 5.75 Å². The Morgan fingerprint density at radius 3 is 2.42 bits per heavy atom. The molecule has 4 aromatic rings. The number of piperidine rings is 2. The van der Waals surface area contributed by atoms with Gasteiger partial charge in [-0.2, -0.15) is 0 Å². The number of benzene rings is 3. The Morgan fingerprint density at radius 1 is 0.932 bits per heavy atom.